The Morgan fingerprint density at radius 2 is 1.65 bits per heavy atom. The van der Waals surface area contributed by atoms with Crippen LogP contribution >= 0.6 is 0 Å². The minimum absolute atomic E-state index is 0.220. The second kappa shape index (κ2) is 7.75. The summed E-state index contributed by atoms with van der Waals surface area (Å²) in [5.41, 5.74) is 2.93. The molecule has 0 saturated carbocycles. The molecule has 7 nitrogen and oxygen atoms in total. The van der Waals surface area contributed by atoms with Crippen molar-refractivity contribution in [3.63, 3.8) is 0 Å². The van der Waals surface area contributed by atoms with Crippen LogP contribution in [0.1, 0.15) is 41.3 Å². The number of carbonyl (C=O) groups is 1. The van der Waals surface area contributed by atoms with E-state index in [-0.39, 0.29) is 16.6 Å². The normalized spacial score (nSPS) is 11.3. The summed E-state index contributed by atoms with van der Waals surface area (Å²) in [5.74, 6) is -0.00497. The average molecular weight is 416 g/mol. The van der Waals surface area contributed by atoms with Gasteiger partial charge in [-0.05, 0) is 42.7 Å². The Hall–Kier alpha value is -3.87. The van der Waals surface area contributed by atoms with Crippen molar-refractivity contribution in [1.82, 2.24) is 14.1 Å². The van der Waals surface area contributed by atoms with Crippen molar-refractivity contribution < 1.29 is 4.79 Å². The van der Waals surface area contributed by atoms with Crippen LogP contribution in [0.4, 0.5) is 5.69 Å². The van der Waals surface area contributed by atoms with Crippen molar-refractivity contribution in [2.45, 2.75) is 26.7 Å². The molecule has 4 rings (SSSR count). The molecule has 7 heteroatoms. The van der Waals surface area contributed by atoms with E-state index in [1.165, 1.54) is 5.56 Å². The van der Waals surface area contributed by atoms with E-state index in [0.717, 1.165) is 10.1 Å². The highest BCUT2D eigenvalue weighted by molar-refractivity contribution is 6.11. The Morgan fingerprint density at radius 3 is 2.26 bits per heavy atom. The zero-order valence-electron chi connectivity index (χ0n) is 17.9. The summed E-state index contributed by atoms with van der Waals surface area (Å²) in [6.45, 7) is 6.13. The molecule has 0 aliphatic heterocycles. The Morgan fingerprint density at radius 1 is 1.00 bits per heavy atom. The number of aromatic amines is 1. The molecule has 2 N–H and O–H groups in total. The smallest absolute Gasteiger partial charge is 0.333 e. The van der Waals surface area contributed by atoms with E-state index >= 15 is 0 Å². The Bertz CT molecular complexity index is 1390. The van der Waals surface area contributed by atoms with Gasteiger partial charge in [-0.1, -0.05) is 43.7 Å². The summed E-state index contributed by atoms with van der Waals surface area (Å²) in [7, 11) is 1.68. The highest BCUT2D eigenvalue weighted by atomic mass is 16.2. The molecule has 0 saturated heterocycles. The Kier molecular flexibility index (Phi) is 5.10. The summed E-state index contributed by atoms with van der Waals surface area (Å²) < 4.78 is 2.64. The van der Waals surface area contributed by atoms with Crippen LogP contribution in [-0.2, 0) is 7.05 Å². The monoisotopic (exact) mass is 416 g/mol. The summed E-state index contributed by atoms with van der Waals surface area (Å²) in [5, 5.41) is 2.84. The lowest BCUT2D eigenvalue weighted by Crippen LogP contribution is -2.34. The SMILES string of the molecule is Cc1ccc(-n2c(=O)[nH]c3c(C(=O)Nc4ccc(C(C)C)cc4)cn(C)c3c2=O)cc1. The number of nitrogens with one attached hydrogen (secondary N) is 2. The molecule has 0 radical (unpaired) electrons. The molecular formula is C24H24N4O3. The van der Waals surface area contributed by atoms with E-state index < -0.39 is 17.2 Å². The number of benzene rings is 2. The van der Waals surface area contributed by atoms with E-state index in [1.807, 2.05) is 43.3 Å². The van der Waals surface area contributed by atoms with Crippen LogP contribution in [0.5, 0.6) is 0 Å². The molecule has 4 aromatic rings. The average Bonchev–Trinajstić information content (AvgIpc) is 3.06. The minimum Gasteiger partial charge on any atom is -0.344 e. The Balaban J connectivity index is 1.76. The fourth-order valence-electron chi connectivity index (χ4n) is 3.62. The molecule has 0 spiro atoms. The van der Waals surface area contributed by atoms with Crippen molar-refractivity contribution in [3.05, 3.63) is 92.3 Å². The van der Waals surface area contributed by atoms with Gasteiger partial charge in [0.1, 0.15) is 5.52 Å². The molecule has 0 atom stereocenters. The van der Waals surface area contributed by atoms with Gasteiger partial charge in [-0.3, -0.25) is 9.59 Å². The molecule has 1 amide bonds. The summed E-state index contributed by atoms with van der Waals surface area (Å²) in [6.07, 6.45) is 1.55. The van der Waals surface area contributed by atoms with Gasteiger partial charge in [0.25, 0.3) is 11.5 Å². The molecule has 0 fully saturated rings. The number of carbonyl (C=O) groups excluding carboxylic acids is 1. The number of fused-ring (bicyclic) bond motifs is 1. The molecule has 2 aromatic carbocycles. The second-order valence-corrected chi connectivity index (χ2v) is 8.01. The molecule has 2 aromatic heterocycles. The zero-order chi connectivity index (χ0) is 22.3. The third-order valence-corrected chi connectivity index (χ3v) is 5.39. The van der Waals surface area contributed by atoms with E-state index in [0.29, 0.717) is 17.3 Å². The molecule has 31 heavy (non-hydrogen) atoms. The van der Waals surface area contributed by atoms with Gasteiger partial charge >= 0.3 is 5.69 Å². The van der Waals surface area contributed by atoms with Gasteiger partial charge in [0.15, 0.2) is 0 Å². The van der Waals surface area contributed by atoms with Crippen LogP contribution < -0.4 is 16.6 Å². The van der Waals surface area contributed by atoms with E-state index in [1.54, 1.807) is 29.9 Å². The van der Waals surface area contributed by atoms with Gasteiger partial charge in [0.05, 0.1) is 16.8 Å². The number of hydrogen-bond donors (Lipinski definition) is 2. The summed E-state index contributed by atoms with van der Waals surface area (Å²) in [6, 6.07) is 14.7. The van der Waals surface area contributed by atoms with Crippen LogP contribution in [0.15, 0.2) is 64.3 Å². The largest absolute Gasteiger partial charge is 0.344 e. The topological polar surface area (TPSA) is 88.9 Å². The maximum absolute atomic E-state index is 13.1. The van der Waals surface area contributed by atoms with Gasteiger partial charge in [-0.25, -0.2) is 9.36 Å². The van der Waals surface area contributed by atoms with Gasteiger partial charge < -0.3 is 14.9 Å². The van der Waals surface area contributed by atoms with Gasteiger partial charge in [0, 0.05) is 18.9 Å². The highest BCUT2D eigenvalue weighted by Crippen LogP contribution is 2.20. The quantitative estimate of drug-likeness (QED) is 0.532. The molecule has 0 bridgehead atoms. The molecule has 158 valence electrons. The highest BCUT2D eigenvalue weighted by Gasteiger charge is 2.20. The maximum Gasteiger partial charge on any atom is 0.333 e. The molecule has 0 aliphatic carbocycles. The maximum atomic E-state index is 13.1. The summed E-state index contributed by atoms with van der Waals surface area (Å²) >= 11 is 0. The van der Waals surface area contributed by atoms with Crippen molar-refractivity contribution in [2.75, 3.05) is 5.32 Å². The first-order valence-corrected chi connectivity index (χ1v) is 10.1. The standard InChI is InChI=1S/C24H24N4O3/c1-14(2)16-7-9-17(10-8-16)25-22(29)19-13-27(4)21-20(19)26-24(31)28(23(21)30)18-11-5-15(3)6-12-18/h5-14H,1-4H3,(H,25,29)(H,26,31). The lowest BCUT2D eigenvalue weighted by Gasteiger charge is -2.08. The van der Waals surface area contributed by atoms with Crippen LogP contribution in [0, 0.1) is 6.92 Å². The van der Waals surface area contributed by atoms with Crippen LogP contribution in [0.25, 0.3) is 16.7 Å². The number of hydrogen-bond acceptors (Lipinski definition) is 3. The fourth-order valence-corrected chi connectivity index (χ4v) is 3.62. The van der Waals surface area contributed by atoms with Gasteiger partial charge in [0.2, 0.25) is 0 Å². The second-order valence-electron chi connectivity index (χ2n) is 8.01. The molecular weight excluding hydrogens is 392 g/mol. The minimum atomic E-state index is -0.595. The van der Waals surface area contributed by atoms with Gasteiger partial charge in [-0.15, -0.1) is 0 Å². The lowest BCUT2D eigenvalue weighted by molar-refractivity contribution is 0.102. The van der Waals surface area contributed by atoms with E-state index in [4.69, 9.17) is 0 Å². The fraction of sp³-hybridized carbons (Fsp3) is 0.208. The molecule has 0 aliphatic rings. The Labute approximate surface area is 179 Å². The van der Waals surface area contributed by atoms with Crippen LogP contribution in [-0.4, -0.2) is 20.0 Å². The lowest BCUT2D eigenvalue weighted by atomic mass is 10.0. The van der Waals surface area contributed by atoms with Gasteiger partial charge in [-0.2, -0.15) is 0 Å². The van der Waals surface area contributed by atoms with Crippen LogP contribution in [0.2, 0.25) is 0 Å². The number of aryl methyl sites for hydroxylation is 2. The summed E-state index contributed by atoms with van der Waals surface area (Å²) in [4.78, 5) is 41.5. The number of nitrogens with zero attached hydrogens (tertiary/aromatic N) is 2. The molecule has 2 heterocycles. The van der Waals surface area contributed by atoms with Crippen molar-refractivity contribution in [1.29, 1.82) is 0 Å². The number of amides is 1. The van der Waals surface area contributed by atoms with Crippen molar-refractivity contribution in [3.8, 4) is 5.69 Å². The first-order valence-electron chi connectivity index (χ1n) is 10.1. The predicted molar refractivity (Wildman–Crippen MR) is 122 cm³/mol. The number of rotatable bonds is 4. The number of aromatic nitrogens is 3. The number of anilines is 1. The van der Waals surface area contributed by atoms with E-state index in [9.17, 15) is 14.4 Å². The van der Waals surface area contributed by atoms with Crippen molar-refractivity contribution in [2.24, 2.45) is 7.05 Å². The predicted octanol–water partition coefficient (Wildman–Crippen LogP) is 3.70. The number of H-pyrrole nitrogens is 1. The third kappa shape index (κ3) is 3.70. The van der Waals surface area contributed by atoms with E-state index in [2.05, 4.69) is 24.1 Å². The third-order valence-electron chi connectivity index (χ3n) is 5.39. The molecule has 0 unspecified atom stereocenters. The first kappa shape index (κ1) is 20.4. The zero-order valence-corrected chi connectivity index (χ0v) is 17.9. The van der Waals surface area contributed by atoms with Crippen LogP contribution in [0.3, 0.4) is 0 Å². The first-order chi connectivity index (χ1) is 14.8. The van der Waals surface area contributed by atoms with Crippen molar-refractivity contribution >= 4 is 22.6 Å².